The second kappa shape index (κ2) is 2.73. The third-order valence-corrected chi connectivity index (χ3v) is 9.66. The zero-order valence-electron chi connectivity index (χ0n) is 12.0. The van der Waals surface area contributed by atoms with E-state index in [2.05, 4.69) is 15.9 Å². The summed E-state index contributed by atoms with van der Waals surface area (Å²) in [6.07, 6.45) is 1.42. The predicted molar refractivity (Wildman–Crippen MR) is 78.8 cm³/mol. The highest BCUT2D eigenvalue weighted by Gasteiger charge is 3.03. The minimum absolute atomic E-state index is 0.100. The molecule has 5 saturated carbocycles. The molecule has 2 aliphatic heterocycles. The van der Waals surface area contributed by atoms with Gasteiger partial charge in [0, 0.05) is 22.7 Å². The minimum Gasteiger partial charge on any atom is -0.392 e. The maximum atomic E-state index is 12.6. The molecule has 5 fully saturated rings. The molecule has 1 aromatic heterocycles. The molecule has 7 aliphatic rings. The Morgan fingerprint density at radius 1 is 1.05 bits per heavy atom. The summed E-state index contributed by atoms with van der Waals surface area (Å²) in [4.78, 5) is 25.3. The highest BCUT2D eigenvalue weighted by Crippen LogP contribution is 3.04. The van der Waals surface area contributed by atoms with Crippen molar-refractivity contribution in [3.63, 3.8) is 0 Å². The fraction of sp³-hybridized carbons (Fsp3) is 0.867. The van der Waals surface area contributed by atoms with Gasteiger partial charge in [-0.15, -0.1) is 0 Å². The van der Waals surface area contributed by atoms with Crippen LogP contribution in [0.3, 0.4) is 0 Å². The summed E-state index contributed by atoms with van der Waals surface area (Å²) in [5.74, 6) is 2.67. The lowest BCUT2D eigenvalue weighted by Gasteiger charge is -3.02. The second-order valence-corrected chi connectivity index (χ2v) is 9.66. The number of aliphatic hydroxyl groups is 1. The number of aliphatic hydroxyl groups excluding tert-OH is 1. The Balaban J connectivity index is 1.58. The van der Waals surface area contributed by atoms with E-state index < -0.39 is 0 Å². The second-order valence-electron chi connectivity index (χ2n) is 8.48. The average molecular weight is 366 g/mol. The predicted octanol–water partition coefficient (Wildman–Crippen LogP) is -0.146. The minimum atomic E-state index is -0.326. The van der Waals surface area contributed by atoms with Crippen molar-refractivity contribution < 1.29 is 5.11 Å². The van der Waals surface area contributed by atoms with Gasteiger partial charge in [0.25, 0.3) is 0 Å². The van der Waals surface area contributed by atoms with Gasteiger partial charge in [0.15, 0.2) is 0 Å². The first kappa shape index (κ1) is 11.7. The quantitative estimate of drug-likeness (QED) is 0.650. The smallest absolute Gasteiger partial charge is 0.347 e. The zero-order chi connectivity index (χ0) is 14.9. The maximum Gasteiger partial charge on any atom is 0.347 e. The van der Waals surface area contributed by atoms with Crippen LogP contribution in [0.2, 0.25) is 0 Å². The molecule has 22 heavy (non-hydrogen) atoms. The molecule has 116 valence electrons. The van der Waals surface area contributed by atoms with E-state index in [1.807, 2.05) is 0 Å². The van der Waals surface area contributed by atoms with Crippen LogP contribution in [0.1, 0.15) is 24.9 Å². The normalized spacial score (nSPS) is 63.6. The Morgan fingerprint density at radius 2 is 1.55 bits per heavy atom. The monoisotopic (exact) mass is 365 g/mol. The van der Waals surface area contributed by atoms with Gasteiger partial charge in [-0.2, -0.15) is 0 Å². The summed E-state index contributed by atoms with van der Waals surface area (Å²) >= 11 is 3.67. The first-order valence-corrected chi connectivity index (χ1v) is 9.12. The van der Waals surface area contributed by atoms with Crippen LogP contribution in [-0.2, 0) is 7.05 Å². The first-order valence-electron chi connectivity index (χ1n) is 8.20. The molecular weight excluding hydrogens is 350 g/mol. The van der Waals surface area contributed by atoms with Crippen molar-refractivity contribution in [3.8, 4) is 0 Å². The highest BCUT2D eigenvalue weighted by atomic mass is 79.9. The summed E-state index contributed by atoms with van der Waals surface area (Å²) in [6.45, 7) is 0. The lowest BCUT2D eigenvalue weighted by molar-refractivity contribution is -0.562. The topological polar surface area (TPSA) is 69.2 Å². The fourth-order valence-electron chi connectivity index (χ4n) is 8.54. The first-order chi connectivity index (χ1) is 10.5. The Bertz CT molecular complexity index is 845. The molecule has 0 saturated heterocycles. The summed E-state index contributed by atoms with van der Waals surface area (Å²) in [5.41, 5.74) is -0.0336. The summed E-state index contributed by atoms with van der Waals surface area (Å²) in [7, 11) is 1.59. The van der Waals surface area contributed by atoms with Crippen molar-refractivity contribution in [1.29, 1.82) is 0 Å². The molecule has 0 aromatic carbocycles. The molecular formula is C15H16BrN3O3. The van der Waals surface area contributed by atoms with Crippen molar-refractivity contribution >= 4 is 15.9 Å². The van der Waals surface area contributed by atoms with Crippen LogP contribution in [0.4, 0.5) is 0 Å². The van der Waals surface area contributed by atoms with Crippen molar-refractivity contribution in [1.82, 2.24) is 13.9 Å². The Labute approximate surface area is 133 Å². The van der Waals surface area contributed by atoms with Crippen LogP contribution >= 0.6 is 15.9 Å². The molecule has 1 aromatic rings. The van der Waals surface area contributed by atoms with Gasteiger partial charge in [-0.05, 0) is 36.5 Å². The van der Waals surface area contributed by atoms with Gasteiger partial charge >= 0.3 is 11.4 Å². The Kier molecular flexibility index (Phi) is 1.45. The lowest BCUT2D eigenvalue weighted by atomic mass is 9.04. The van der Waals surface area contributed by atoms with Gasteiger partial charge in [-0.1, -0.05) is 15.9 Å². The van der Waals surface area contributed by atoms with Crippen molar-refractivity contribution in [3.05, 3.63) is 21.0 Å². The van der Waals surface area contributed by atoms with Crippen LogP contribution in [-0.4, -0.2) is 30.0 Å². The number of rotatable bonds is 0. The zero-order valence-corrected chi connectivity index (χ0v) is 13.6. The molecule has 5 aliphatic carbocycles. The summed E-state index contributed by atoms with van der Waals surface area (Å²) < 4.78 is 4.85. The van der Waals surface area contributed by atoms with Crippen molar-refractivity contribution in [2.75, 3.05) is 0 Å². The molecule has 0 radical (unpaired) electrons. The SMILES string of the molecule is Cn1c(=O)n2n(c1=O)C1C3C4C5C3C13C[C@@H](Br)[C@H](O)CC53C42. The van der Waals surface area contributed by atoms with E-state index in [-0.39, 0.29) is 45.2 Å². The molecule has 3 heterocycles. The van der Waals surface area contributed by atoms with Gasteiger partial charge in [0.1, 0.15) is 0 Å². The van der Waals surface area contributed by atoms with E-state index in [1.54, 1.807) is 16.4 Å². The molecule has 10 atom stereocenters. The van der Waals surface area contributed by atoms with Gasteiger partial charge in [0.05, 0.1) is 18.2 Å². The Hall–Kier alpha value is -0.820. The van der Waals surface area contributed by atoms with E-state index in [0.29, 0.717) is 17.8 Å². The molecule has 2 spiro atoms. The number of alkyl halides is 1. The maximum absolute atomic E-state index is 12.6. The molecule has 6 nitrogen and oxygen atoms in total. The van der Waals surface area contributed by atoms with Gasteiger partial charge in [-0.3, -0.25) is 0 Å². The van der Waals surface area contributed by atoms with Crippen LogP contribution < -0.4 is 11.4 Å². The third-order valence-electron chi connectivity index (χ3n) is 8.72. The molecule has 2 bridgehead atoms. The lowest BCUT2D eigenvalue weighted by Crippen LogP contribution is -3.01. The fourth-order valence-corrected chi connectivity index (χ4v) is 9.26. The van der Waals surface area contributed by atoms with Crippen molar-refractivity contribution in [2.24, 2.45) is 41.5 Å². The number of hydrogen-bond acceptors (Lipinski definition) is 3. The average Bonchev–Trinajstić information content (AvgIpc) is 2.65. The van der Waals surface area contributed by atoms with Gasteiger partial charge in [0.2, 0.25) is 0 Å². The van der Waals surface area contributed by atoms with Crippen LogP contribution in [0.5, 0.6) is 0 Å². The van der Waals surface area contributed by atoms with Gasteiger partial charge in [-0.25, -0.2) is 23.5 Å². The van der Waals surface area contributed by atoms with Gasteiger partial charge < -0.3 is 5.11 Å². The summed E-state index contributed by atoms with van der Waals surface area (Å²) in [5, 5.41) is 10.4. The van der Waals surface area contributed by atoms with Crippen LogP contribution in [0.25, 0.3) is 0 Å². The van der Waals surface area contributed by atoms with E-state index in [0.717, 1.165) is 18.8 Å². The number of nitrogens with zero attached hydrogens (tertiary/aromatic N) is 3. The van der Waals surface area contributed by atoms with Crippen LogP contribution in [0.15, 0.2) is 9.59 Å². The van der Waals surface area contributed by atoms with E-state index >= 15 is 0 Å². The molecule has 1 N–H and O–H groups in total. The highest BCUT2D eigenvalue weighted by molar-refractivity contribution is 9.09. The van der Waals surface area contributed by atoms with E-state index in [9.17, 15) is 14.7 Å². The third kappa shape index (κ3) is 0.658. The standard InChI is InChI=1S/C15H16BrN3O3/c1-17-12(21)18-10-6-7-9-8(6)14(10)2-4(16)5(20)3-15(9,14)11(7)19(18)13(17)22/h4-11,20H,2-3H2,1H3/t4-,5-,6?,7?,8?,9?,10?,11?,14?,15?/m1/s1. The number of hydrogen-bond donors (Lipinski definition) is 1. The molecule has 8 unspecified atom stereocenters. The molecule has 7 heteroatoms. The molecule has 8 rings (SSSR count). The van der Waals surface area contributed by atoms with Crippen molar-refractivity contribution in [2.45, 2.75) is 35.9 Å². The largest absolute Gasteiger partial charge is 0.392 e. The number of halogens is 1. The molecule has 0 amide bonds. The Morgan fingerprint density at radius 3 is 2.09 bits per heavy atom. The van der Waals surface area contributed by atoms with E-state index in [1.165, 1.54) is 4.57 Å². The summed E-state index contributed by atoms with van der Waals surface area (Å²) in [6, 6.07) is 0.361. The number of aromatic nitrogens is 3. The van der Waals surface area contributed by atoms with Crippen LogP contribution in [0, 0.1) is 34.5 Å². The van der Waals surface area contributed by atoms with E-state index in [4.69, 9.17) is 0 Å².